The summed E-state index contributed by atoms with van der Waals surface area (Å²) in [4.78, 5) is 0. The molecule has 1 aromatic carbocycles. The van der Waals surface area contributed by atoms with Gasteiger partial charge < -0.3 is 14.2 Å². The monoisotopic (exact) mass is 330 g/mol. The Morgan fingerprint density at radius 1 is 1.32 bits per heavy atom. The lowest BCUT2D eigenvalue weighted by molar-refractivity contribution is -0.195. The average Bonchev–Trinajstić information content (AvgIpc) is 2.51. The first kappa shape index (κ1) is 17.2. The zero-order valence-corrected chi connectivity index (χ0v) is 13.7. The molecule has 124 valence electrons. The molecular weight excluding hydrogens is 308 g/mol. The Kier molecular flexibility index (Phi) is 6.19. The topological polar surface area (TPSA) is 71.1 Å². The molecule has 0 amide bonds. The highest BCUT2D eigenvalue weighted by molar-refractivity contribution is 7.85. The molecule has 2 atom stereocenters. The maximum Gasteiger partial charge on any atom is 0.264 e. The van der Waals surface area contributed by atoms with Crippen LogP contribution in [0.2, 0.25) is 0 Å². The van der Waals surface area contributed by atoms with Crippen LogP contribution in [0.25, 0.3) is 0 Å². The van der Waals surface area contributed by atoms with Crippen LogP contribution in [0.1, 0.15) is 30.9 Å². The Labute approximate surface area is 131 Å². The Bertz CT molecular complexity index is 565. The molecule has 1 aliphatic heterocycles. The highest BCUT2D eigenvalue weighted by Gasteiger charge is 2.25. The molecule has 0 saturated carbocycles. The van der Waals surface area contributed by atoms with Gasteiger partial charge in [-0.05, 0) is 25.3 Å². The second kappa shape index (κ2) is 7.92. The lowest BCUT2D eigenvalue weighted by Gasteiger charge is -2.28. The molecule has 0 aromatic heterocycles. The first-order valence-electron chi connectivity index (χ1n) is 7.24. The van der Waals surface area contributed by atoms with E-state index < -0.39 is 16.2 Å². The molecule has 6 nitrogen and oxygen atoms in total. The van der Waals surface area contributed by atoms with Crippen LogP contribution in [0.5, 0.6) is 5.75 Å². The number of benzene rings is 1. The predicted molar refractivity (Wildman–Crippen MR) is 81.2 cm³/mol. The summed E-state index contributed by atoms with van der Waals surface area (Å²) < 4.78 is 44.3. The van der Waals surface area contributed by atoms with E-state index in [0.29, 0.717) is 12.4 Å². The van der Waals surface area contributed by atoms with E-state index in [2.05, 4.69) is 0 Å². The second-order valence-electron chi connectivity index (χ2n) is 5.15. The Morgan fingerprint density at radius 2 is 2.09 bits per heavy atom. The SMILES string of the molecule is COc1ccccc1C(COS(C)(=O)=O)OC1CCCCO1. The summed E-state index contributed by atoms with van der Waals surface area (Å²) in [6.45, 7) is 0.537. The summed E-state index contributed by atoms with van der Waals surface area (Å²) >= 11 is 0. The second-order valence-corrected chi connectivity index (χ2v) is 6.80. The molecule has 7 heteroatoms. The van der Waals surface area contributed by atoms with Crippen LogP contribution in [0.3, 0.4) is 0 Å². The van der Waals surface area contributed by atoms with Gasteiger partial charge in [0.05, 0.1) is 20.0 Å². The van der Waals surface area contributed by atoms with Crippen LogP contribution < -0.4 is 4.74 Å². The fraction of sp³-hybridized carbons (Fsp3) is 0.600. The minimum absolute atomic E-state index is 0.112. The number of methoxy groups -OCH3 is 1. The van der Waals surface area contributed by atoms with Gasteiger partial charge in [-0.2, -0.15) is 8.42 Å². The number of ether oxygens (including phenoxy) is 3. The third-order valence-electron chi connectivity index (χ3n) is 3.37. The van der Waals surface area contributed by atoms with E-state index in [4.69, 9.17) is 18.4 Å². The molecule has 0 N–H and O–H groups in total. The van der Waals surface area contributed by atoms with Crippen LogP contribution >= 0.6 is 0 Å². The van der Waals surface area contributed by atoms with E-state index in [1.54, 1.807) is 13.2 Å². The Morgan fingerprint density at radius 3 is 2.73 bits per heavy atom. The van der Waals surface area contributed by atoms with Crippen LogP contribution in [-0.4, -0.2) is 41.3 Å². The fourth-order valence-corrected chi connectivity index (χ4v) is 2.69. The molecule has 1 aliphatic rings. The van der Waals surface area contributed by atoms with E-state index >= 15 is 0 Å². The minimum Gasteiger partial charge on any atom is -0.496 e. The molecule has 2 rings (SSSR count). The van der Waals surface area contributed by atoms with Gasteiger partial charge in [0.2, 0.25) is 0 Å². The molecule has 1 aromatic rings. The lowest BCUT2D eigenvalue weighted by atomic mass is 10.1. The van der Waals surface area contributed by atoms with Gasteiger partial charge in [-0.3, -0.25) is 4.18 Å². The van der Waals surface area contributed by atoms with Gasteiger partial charge in [0.15, 0.2) is 6.29 Å². The molecule has 22 heavy (non-hydrogen) atoms. The molecular formula is C15H22O6S. The largest absolute Gasteiger partial charge is 0.496 e. The maximum atomic E-state index is 11.3. The Balaban J connectivity index is 2.15. The zero-order valence-electron chi connectivity index (χ0n) is 12.9. The average molecular weight is 330 g/mol. The smallest absolute Gasteiger partial charge is 0.264 e. The maximum absolute atomic E-state index is 11.3. The van der Waals surface area contributed by atoms with Crippen molar-refractivity contribution in [3.63, 3.8) is 0 Å². The normalized spacial score (nSPS) is 20.5. The molecule has 0 radical (unpaired) electrons. The van der Waals surface area contributed by atoms with Crippen LogP contribution in [0.4, 0.5) is 0 Å². The van der Waals surface area contributed by atoms with Crippen LogP contribution in [-0.2, 0) is 23.8 Å². The summed E-state index contributed by atoms with van der Waals surface area (Å²) in [6.07, 6.45) is 2.91. The summed E-state index contributed by atoms with van der Waals surface area (Å²) in [5, 5.41) is 0. The molecule has 0 aliphatic carbocycles. The van der Waals surface area contributed by atoms with Gasteiger partial charge in [0.25, 0.3) is 10.1 Å². The molecule has 1 saturated heterocycles. The summed E-state index contributed by atoms with van der Waals surface area (Å²) in [5.41, 5.74) is 0.739. The van der Waals surface area contributed by atoms with Crippen molar-refractivity contribution in [3.8, 4) is 5.75 Å². The molecule has 0 bridgehead atoms. The number of hydrogen-bond donors (Lipinski definition) is 0. The predicted octanol–water partition coefficient (Wildman–Crippen LogP) is 2.26. The number of hydrogen-bond acceptors (Lipinski definition) is 6. The van der Waals surface area contributed by atoms with Crippen molar-refractivity contribution >= 4 is 10.1 Å². The third kappa shape index (κ3) is 5.24. The third-order valence-corrected chi connectivity index (χ3v) is 3.94. The molecule has 1 fully saturated rings. The highest BCUT2D eigenvalue weighted by atomic mass is 32.2. The van der Waals surface area contributed by atoms with E-state index in [0.717, 1.165) is 31.1 Å². The van der Waals surface area contributed by atoms with Crippen molar-refractivity contribution in [2.24, 2.45) is 0 Å². The van der Waals surface area contributed by atoms with Crippen molar-refractivity contribution in [3.05, 3.63) is 29.8 Å². The highest BCUT2D eigenvalue weighted by Crippen LogP contribution is 2.30. The first-order valence-corrected chi connectivity index (χ1v) is 9.05. The molecule has 1 heterocycles. The van der Waals surface area contributed by atoms with Crippen molar-refractivity contribution in [2.45, 2.75) is 31.7 Å². The lowest BCUT2D eigenvalue weighted by Crippen LogP contribution is -2.27. The molecule has 2 unspecified atom stereocenters. The van der Waals surface area contributed by atoms with Crippen molar-refractivity contribution in [1.29, 1.82) is 0 Å². The number of para-hydroxylation sites is 1. The first-order chi connectivity index (χ1) is 10.5. The van der Waals surface area contributed by atoms with Gasteiger partial charge in [0.1, 0.15) is 11.9 Å². The van der Waals surface area contributed by atoms with Gasteiger partial charge in [-0.15, -0.1) is 0 Å². The minimum atomic E-state index is -3.55. The quantitative estimate of drug-likeness (QED) is 0.714. The van der Waals surface area contributed by atoms with E-state index in [-0.39, 0.29) is 12.9 Å². The zero-order chi connectivity index (χ0) is 16.0. The van der Waals surface area contributed by atoms with Crippen LogP contribution in [0.15, 0.2) is 24.3 Å². The van der Waals surface area contributed by atoms with Gasteiger partial charge in [-0.25, -0.2) is 0 Å². The van der Waals surface area contributed by atoms with Gasteiger partial charge in [0, 0.05) is 12.2 Å². The number of rotatable bonds is 7. The summed E-state index contributed by atoms with van der Waals surface area (Å²) in [6, 6.07) is 7.32. The van der Waals surface area contributed by atoms with Gasteiger partial charge >= 0.3 is 0 Å². The summed E-state index contributed by atoms with van der Waals surface area (Å²) in [7, 11) is -1.99. The van der Waals surface area contributed by atoms with E-state index in [9.17, 15) is 8.42 Å². The summed E-state index contributed by atoms with van der Waals surface area (Å²) in [5.74, 6) is 0.625. The fourth-order valence-electron chi connectivity index (χ4n) is 2.32. The van der Waals surface area contributed by atoms with E-state index in [1.807, 2.05) is 18.2 Å². The van der Waals surface area contributed by atoms with Crippen LogP contribution in [0, 0.1) is 0 Å². The van der Waals surface area contributed by atoms with E-state index in [1.165, 1.54) is 0 Å². The molecule has 0 spiro atoms. The standard InChI is InChI=1S/C15H22O6S/c1-18-13-8-4-3-7-12(13)14(11-20-22(2,16)17)21-15-9-5-6-10-19-15/h3-4,7-8,14-15H,5-6,9-11H2,1-2H3. The Hall–Kier alpha value is -1.15. The van der Waals surface area contributed by atoms with Crippen molar-refractivity contribution < 1.29 is 26.8 Å². The van der Waals surface area contributed by atoms with Crippen molar-refractivity contribution in [2.75, 3.05) is 26.6 Å². The van der Waals surface area contributed by atoms with Crippen molar-refractivity contribution in [1.82, 2.24) is 0 Å². The van der Waals surface area contributed by atoms with Gasteiger partial charge in [-0.1, -0.05) is 18.2 Å².